The maximum absolute atomic E-state index is 9.84. The lowest BCUT2D eigenvalue weighted by atomic mass is 10.1. The van der Waals surface area contributed by atoms with Crippen molar-refractivity contribution in [3.8, 4) is 5.75 Å². The van der Waals surface area contributed by atoms with Crippen LogP contribution in [-0.4, -0.2) is 43.6 Å². The summed E-state index contributed by atoms with van der Waals surface area (Å²) < 4.78 is 10.6. The van der Waals surface area contributed by atoms with E-state index in [0.29, 0.717) is 13.2 Å². The average molecular weight is 281 g/mol. The molecule has 1 atom stereocenters. The highest BCUT2D eigenvalue weighted by molar-refractivity contribution is 5.27. The van der Waals surface area contributed by atoms with E-state index in [1.807, 2.05) is 24.3 Å². The largest absolute Gasteiger partial charge is 0.491 e. The van der Waals surface area contributed by atoms with Crippen LogP contribution >= 0.6 is 0 Å². The molecule has 0 heterocycles. The number of methoxy groups -OCH3 is 1. The highest BCUT2D eigenvalue weighted by Gasteiger charge is 2.12. The van der Waals surface area contributed by atoms with Gasteiger partial charge < -0.3 is 19.9 Å². The van der Waals surface area contributed by atoms with Gasteiger partial charge in [0.25, 0.3) is 0 Å². The number of rotatable bonds is 8. The number of β-amino-alcohol motifs (C(OH)–C–C–N with tert-alkyl or cyclic N) is 1. The summed E-state index contributed by atoms with van der Waals surface area (Å²) in [5.41, 5.74) is 1.22. The SMILES string of the molecule is COCCc1ccc(OC[C@@H](O)CNC(C)(C)C)cc1. The summed E-state index contributed by atoms with van der Waals surface area (Å²) in [4.78, 5) is 0. The number of nitrogens with one attached hydrogen (secondary N) is 1. The van der Waals surface area contributed by atoms with Crippen LogP contribution in [0.3, 0.4) is 0 Å². The van der Waals surface area contributed by atoms with Crippen LogP contribution in [0.15, 0.2) is 24.3 Å². The minimum absolute atomic E-state index is 0.00395. The van der Waals surface area contributed by atoms with Crippen LogP contribution in [0.2, 0.25) is 0 Å². The Morgan fingerprint density at radius 1 is 1.20 bits per heavy atom. The van der Waals surface area contributed by atoms with E-state index >= 15 is 0 Å². The van der Waals surface area contributed by atoms with E-state index < -0.39 is 6.10 Å². The molecule has 0 aliphatic carbocycles. The number of ether oxygens (including phenoxy) is 2. The first-order chi connectivity index (χ1) is 9.40. The third-order valence-electron chi connectivity index (χ3n) is 2.83. The Morgan fingerprint density at radius 2 is 1.85 bits per heavy atom. The highest BCUT2D eigenvalue weighted by Crippen LogP contribution is 2.13. The Morgan fingerprint density at radius 3 is 2.40 bits per heavy atom. The van der Waals surface area contributed by atoms with Crippen LogP contribution in [-0.2, 0) is 11.2 Å². The summed E-state index contributed by atoms with van der Waals surface area (Å²) in [5, 5.41) is 13.1. The van der Waals surface area contributed by atoms with Crippen molar-refractivity contribution in [3.63, 3.8) is 0 Å². The molecule has 0 saturated heterocycles. The maximum Gasteiger partial charge on any atom is 0.119 e. The normalized spacial score (nSPS) is 13.2. The molecule has 4 heteroatoms. The standard InChI is InChI=1S/C16H27NO3/c1-16(2,3)17-11-14(18)12-20-15-7-5-13(6-8-15)9-10-19-4/h5-8,14,17-18H,9-12H2,1-4H3/t14-/m0/s1. The van der Waals surface area contributed by atoms with Gasteiger partial charge in [-0.2, -0.15) is 0 Å². The van der Waals surface area contributed by atoms with Gasteiger partial charge in [0.2, 0.25) is 0 Å². The molecule has 0 spiro atoms. The minimum Gasteiger partial charge on any atom is -0.491 e. The zero-order chi connectivity index (χ0) is 15.0. The van der Waals surface area contributed by atoms with E-state index in [-0.39, 0.29) is 5.54 Å². The van der Waals surface area contributed by atoms with Crippen molar-refractivity contribution < 1.29 is 14.6 Å². The molecule has 114 valence electrons. The predicted octanol–water partition coefficient (Wildman–Crippen LogP) is 2.00. The molecule has 20 heavy (non-hydrogen) atoms. The second kappa shape index (κ2) is 8.25. The summed E-state index contributed by atoms with van der Waals surface area (Å²) >= 11 is 0. The first kappa shape index (κ1) is 17.0. The van der Waals surface area contributed by atoms with Gasteiger partial charge in [-0.25, -0.2) is 0 Å². The van der Waals surface area contributed by atoms with Crippen molar-refractivity contribution in [2.75, 3.05) is 26.9 Å². The van der Waals surface area contributed by atoms with Gasteiger partial charge >= 0.3 is 0 Å². The molecule has 0 amide bonds. The molecule has 4 nitrogen and oxygen atoms in total. The molecule has 1 aromatic carbocycles. The number of benzene rings is 1. The Kier molecular flexibility index (Phi) is 6.99. The van der Waals surface area contributed by atoms with Crippen molar-refractivity contribution in [2.24, 2.45) is 0 Å². The summed E-state index contributed by atoms with van der Waals surface area (Å²) in [7, 11) is 1.70. The fourth-order valence-electron chi connectivity index (χ4n) is 1.65. The van der Waals surface area contributed by atoms with Gasteiger partial charge in [0.1, 0.15) is 18.5 Å². The van der Waals surface area contributed by atoms with Crippen molar-refractivity contribution in [1.82, 2.24) is 5.32 Å². The van der Waals surface area contributed by atoms with E-state index in [2.05, 4.69) is 26.1 Å². The maximum atomic E-state index is 9.84. The molecule has 0 aliphatic rings. The van der Waals surface area contributed by atoms with E-state index in [0.717, 1.165) is 18.8 Å². The summed E-state index contributed by atoms with van der Waals surface area (Å²) in [6, 6.07) is 7.89. The number of aliphatic hydroxyl groups is 1. The van der Waals surface area contributed by atoms with Crippen LogP contribution in [0.25, 0.3) is 0 Å². The molecule has 0 saturated carbocycles. The monoisotopic (exact) mass is 281 g/mol. The van der Waals surface area contributed by atoms with Crippen molar-refractivity contribution in [1.29, 1.82) is 0 Å². The Labute approximate surface area is 122 Å². The molecule has 0 bridgehead atoms. The summed E-state index contributed by atoms with van der Waals surface area (Å²) in [6.45, 7) is 7.74. The lowest BCUT2D eigenvalue weighted by Crippen LogP contribution is -2.42. The molecule has 1 rings (SSSR count). The van der Waals surface area contributed by atoms with Crippen LogP contribution in [0.1, 0.15) is 26.3 Å². The van der Waals surface area contributed by atoms with Crippen LogP contribution < -0.4 is 10.1 Å². The molecule has 1 aromatic rings. The second-order valence-electron chi connectivity index (χ2n) is 5.98. The van der Waals surface area contributed by atoms with Gasteiger partial charge in [-0.05, 0) is 44.9 Å². The molecule has 0 unspecified atom stereocenters. The molecule has 0 aromatic heterocycles. The topological polar surface area (TPSA) is 50.7 Å². The third kappa shape index (κ3) is 7.48. The molecular formula is C16H27NO3. The van der Waals surface area contributed by atoms with Crippen LogP contribution in [0, 0.1) is 0 Å². The van der Waals surface area contributed by atoms with Gasteiger partial charge in [-0.1, -0.05) is 12.1 Å². The molecular weight excluding hydrogens is 254 g/mol. The van der Waals surface area contributed by atoms with Crippen molar-refractivity contribution in [3.05, 3.63) is 29.8 Å². The number of aliphatic hydroxyl groups excluding tert-OH is 1. The van der Waals surface area contributed by atoms with E-state index in [1.54, 1.807) is 7.11 Å². The fourth-order valence-corrected chi connectivity index (χ4v) is 1.65. The molecule has 2 N–H and O–H groups in total. The first-order valence-corrected chi connectivity index (χ1v) is 7.04. The fraction of sp³-hybridized carbons (Fsp3) is 0.625. The zero-order valence-electron chi connectivity index (χ0n) is 13.0. The minimum atomic E-state index is -0.512. The van der Waals surface area contributed by atoms with E-state index in [1.165, 1.54) is 5.56 Å². The average Bonchev–Trinajstić information content (AvgIpc) is 2.41. The van der Waals surface area contributed by atoms with E-state index in [9.17, 15) is 5.11 Å². The van der Waals surface area contributed by atoms with Gasteiger partial charge in [0.05, 0.1) is 6.61 Å². The van der Waals surface area contributed by atoms with E-state index in [4.69, 9.17) is 9.47 Å². The smallest absolute Gasteiger partial charge is 0.119 e. The quantitative estimate of drug-likeness (QED) is 0.765. The van der Waals surface area contributed by atoms with Gasteiger partial charge in [-0.15, -0.1) is 0 Å². The third-order valence-corrected chi connectivity index (χ3v) is 2.83. The predicted molar refractivity (Wildman–Crippen MR) is 81.3 cm³/mol. The first-order valence-electron chi connectivity index (χ1n) is 7.04. The van der Waals surface area contributed by atoms with Crippen LogP contribution in [0.5, 0.6) is 5.75 Å². The molecule has 0 aliphatic heterocycles. The van der Waals surface area contributed by atoms with Crippen molar-refractivity contribution in [2.45, 2.75) is 38.8 Å². The lowest BCUT2D eigenvalue weighted by molar-refractivity contribution is 0.100. The number of hydrogen-bond acceptors (Lipinski definition) is 4. The summed E-state index contributed by atoms with van der Waals surface area (Å²) in [5.74, 6) is 0.779. The lowest BCUT2D eigenvalue weighted by Gasteiger charge is -2.23. The summed E-state index contributed by atoms with van der Waals surface area (Å²) in [6.07, 6.45) is 0.386. The Bertz CT molecular complexity index is 370. The van der Waals surface area contributed by atoms with Gasteiger partial charge in [0.15, 0.2) is 0 Å². The zero-order valence-corrected chi connectivity index (χ0v) is 13.0. The Hall–Kier alpha value is -1.10. The molecule has 0 radical (unpaired) electrons. The second-order valence-corrected chi connectivity index (χ2v) is 5.98. The highest BCUT2D eigenvalue weighted by atomic mass is 16.5. The van der Waals surface area contributed by atoms with Crippen LogP contribution in [0.4, 0.5) is 0 Å². The van der Waals surface area contributed by atoms with Crippen molar-refractivity contribution >= 4 is 0 Å². The van der Waals surface area contributed by atoms with Gasteiger partial charge in [-0.3, -0.25) is 0 Å². The Balaban J connectivity index is 2.30. The van der Waals surface area contributed by atoms with Gasteiger partial charge in [0, 0.05) is 19.2 Å². The molecule has 0 fully saturated rings. The number of hydrogen-bond donors (Lipinski definition) is 2.